The molecule has 1 heterocycles. The largest absolute Gasteiger partial charge is 0.354 e. The van der Waals surface area contributed by atoms with Crippen LogP contribution in [0.3, 0.4) is 0 Å². The monoisotopic (exact) mass is 441 g/mol. The van der Waals surface area contributed by atoms with Crippen LogP contribution in [-0.2, 0) is 16.0 Å². The zero-order valence-corrected chi connectivity index (χ0v) is 20.2. The Morgan fingerprint density at radius 1 is 1.06 bits per heavy atom. The minimum absolute atomic E-state index is 0.0438. The van der Waals surface area contributed by atoms with Crippen molar-refractivity contribution in [2.24, 2.45) is 11.8 Å². The maximum atomic E-state index is 13.1. The molecule has 32 heavy (non-hydrogen) atoms. The zero-order valence-electron chi connectivity index (χ0n) is 20.2. The van der Waals surface area contributed by atoms with Gasteiger partial charge in [0.1, 0.15) is 6.04 Å². The Hall–Kier alpha value is -1.88. The predicted molar refractivity (Wildman–Crippen MR) is 130 cm³/mol. The number of benzene rings is 1. The van der Waals surface area contributed by atoms with Crippen LogP contribution in [0.25, 0.3) is 0 Å². The van der Waals surface area contributed by atoms with Crippen molar-refractivity contribution in [1.29, 1.82) is 0 Å². The fourth-order valence-electron chi connectivity index (χ4n) is 5.30. The summed E-state index contributed by atoms with van der Waals surface area (Å²) in [5.41, 5.74) is 1.07. The molecule has 0 aromatic heterocycles. The van der Waals surface area contributed by atoms with Gasteiger partial charge in [-0.2, -0.15) is 0 Å². The highest BCUT2D eigenvalue weighted by atomic mass is 16.2. The average Bonchev–Trinajstić information content (AvgIpc) is 2.82. The van der Waals surface area contributed by atoms with Crippen LogP contribution in [0.1, 0.15) is 77.2 Å². The molecule has 1 aromatic carbocycles. The number of carbonyl (C=O) groups excluding carboxylic acids is 2. The van der Waals surface area contributed by atoms with Gasteiger partial charge in [0.05, 0.1) is 0 Å². The molecule has 1 saturated heterocycles. The van der Waals surface area contributed by atoms with Crippen molar-refractivity contribution in [1.82, 2.24) is 15.5 Å². The van der Waals surface area contributed by atoms with Crippen LogP contribution >= 0.6 is 0 Å². The number of amides is 2. The molecule has 2 atom stereocenters. The summed E-state index contributed by atoms with van der Waals surface area (Å²) in [4.78, 5) is 28.6. The Kier molecular flexibility index (Phi) is 10.0. The van der Waals surface area contributed by atoms with Gasteiger partial charge in [-0.15, -0.1) is 0 Å². The lowest BCUT2D eigenvalue weighted by atomic mass is 9.82. The summed E-state index contributed by atoms with van der Waals surface area (Å²) in [6, 6.07) is 10.2. The molecule has 5 nitrogen and oxygen atoms in total. The summed E-state index contributed by atoms with van der Waals surface area (Å²) in [6.07, 6.45) is 10.7. The highest BCUT2D eigenvalue weighted by Crippen LogP contribution is 2.28. The smallest absolute Gasteiger partial charge is 0.242 e. The van der Waals surface area contributed by atoms with E-state index in [1.54, 1.807) is 0 Å². The van der Waals surface area contributed by atoms with Crippen LogP contribution in [0.4, 0.5) is 0 Å². The number of nitrogens with zero attached hydrogens (tertiary/aromatic N) is 1. The first-order valence-corrected chi connectivity index (χ1v) is 12.9. The van der Waals surface area contributed by atoms with E-state index in [0.29, 0.717) is 24.9 Å². The van der Waals surface area contributed by atoms with Crippen molar-refractivity contribution in [3.63, 3.8) is 0 Å². The molecule has 2 amide bonds. The van der Waals surface area contributed by atoms with E-state index >= 15 is 0 Å². The lowest BCUT2D eigenvalue weighted by Gasteiger charge is -2.35. The SMILES string of the molecule is CC[C@@H]1CCCCN1CCCNC(=O)[C@@H](Cc1ccccc1)NC(=O)C1CCC(C)CC1. The van der Waals surface area contributed by atoms with Gasteiger partial charge in [0.15, 0.2) is 0 Å². The van der Waals surface area contributed by atoms with Crippen LogP contribution in [-0.4, -0.2) is 48.4 Å². The highest BCUT2D eigenvalue weighted by Gasteiger charge is 2.28. The van der Waals surface area contributed by atoms with E-state index in [4.69, 9.17) is 0 Å². The Morgan fingerprint density at radius 2 is 1.81 bits per heavy atom. The average molecular weight is 442 g/mol. The first-order valence-electron chi connectivity index (χ1n) is 12.9. The summed E-state index contributed by atoms with van der Waals surface area (Å²) in [5.74, 6) is 0.737. The molecule has 5 heteroatoms. The van der Waals surface area contributed by atoms with Gasteiger partial charge in [0.25, 0.3) is 0 Å². The van der Waals surface area contributed by atoms with Crippen molar-refractivity contribution < 1.29 is 9.59 Å². The summed E-state index contributed by atoms with van der Waals surface area (Å²) in [6.45, 7) is 7.41. The Morgan fingerprint density at radius 3 is 2.53 bits per heavy atom. The van der Waals surface area contributed by atoms with E-state index in [1.165, 1.54) is 32.2 Å². The van der Waals surface area contributed by atoms with E-state index in [2.05, 4.69) is 29.4 Å². The molecule has 2 N–H and O–H groups in total. The molecule has 1 aromatic rings. The number of likely N-dealkylation sites (tertiary alicyclic amines) is 1. The summed E-state index contributed by atoms with van der Waals surface area (Å²) in [7, 11) is 0. The molecule has 1 saturated carbocycles. The summed E-state index contributed by atoms with van der Waals surface area (Å²) in [5, 5.41) is 6.21. The van der Waals surface area contributed by atoms with Crippen LogP contribution in [0.15, 0.2) is 30.3 Å². The second-order valence-corrected chi connectivity index (χ2v) is 9.95. The molecule has 178 valence electrons. The Labute approximate surface area is 194 Å². The molecule has 0 spiro atoms. The summed E-state index contributed by atoms with van der Waals surface area (Å²) < 4.78 is 0. The molecule has 1 aliphatic heterocycles. The lowest BCUT2D eigenvalue weighted by Crippen LogP contribution is -2.50. The highest BCUT2D eigenvalue weighted by molar-refractivity contribution is 5.88. The fourth-order valence-corrected chi connectivity index (χ4v) is 5.30. The third-order valence-corrected chi connectivity index (χ3v) is 7.44. The van der Waals surface area contributed by atoms with Crippen molar-refractivity contribution in [2.45, 2.75) is 90.1 Å². The molecular formula is C27H43N3O2. The third kappa shape index (κ3) is 7.61. The molecule has 2 fully saturated rings. The molecule has 0 bridgehead atoms. The van der Waals surface area contributed by atoms with Crippen molar-refractivity contribution >= 4 is 11.8 Å². The number of rotatable bonds is 10. The van der Waals surface area contributed by atoms with Gasteiger partial charge in [-0.05, 0) is 69.4 Å². The number of nitrogens with one attached hydrogen (secondary N) is 2. The number of hydrogen-bond acceptors (Lipinski definition) is 3. The number of hydrogen-bond donors (Lipinski definition) is 2. The van der Waals surface area contributed by atoms with Gasteiger partial charge in [-0.1, -0.05) is 50.6 Å². The van der Waals surface area contributed by atoms with Crippen LogP contribution in [0, 0.1) is 11.8 Å². The molecule has 0 unspecified atom stereocenters. The van der Waals surface area contributed by atoms with E-state index in [1.807, 2.05) is 30.3 Å². The van der Waals surface area contributed by atoms with Gasteiger partial charge in [-0.25, -0.2) is 0 Å². The van der Waals surface area contributed by atoms with Gasteiger partial charge in [0.2, 0.25) is 11.8 Å². The first kappa shape index (κ1) is 24.8. The molecule has 0 radical (unpaired) electrons. The predicted octanol–water partition coefficient (Wildman–Crippen LogP) is 4.31. The van der Waals surface area contributed by atoms with Crippen LogP contribution in [0.5, 0.6) is 0 Å². The van der Waals surface area contributed by atoms with Gasteiger partial charge < -0.3 is 15.5 Å². The minimum Gasteiger partial charge on any atom is -0.354 e. The van der Waals surface area contributed by atoms with Crippen molar-refractivity contribution in [3.8, 4) is 0 Å². The van der Waals surface area contributed by atoms with Gasteiger partial charge in [0, 0.05) is 31.5 Å². The second kappa shape index (κ2) is 13.0. The molecule has 2 aliphatic rings. The lowest BCUT2D eigenvalue weighted by molar-refractivity contribution is -0.131. The first-order chi connectivity index (χ1) is 15.6. The van der Waals surface area contributed by atoms with Gasteiger partial charge >= 0.3 is 0 Å². The maximum absolute atomic E-state index is 13.1. The molecule has 3 rings (SSSR count). The van der Waals surface area contributed by atoms with E-state index in [-0.39, 0.29) is 17.7 Å². The molecule has 1 aliphatic carbocycles. The normalized spacial score (nSPS) is 25.1. The van der Waals surface area contributed by atoms with E-state index in [0.717, 1.165) is 44.2 Å². The Balaban J connectivity index is 1.51. The zero-order chi connectivity index (χ0) is 22.8. The second-order valence-electron chi connectivity index (χ2n) is 9.95. The topological polar surface area (TPSA) is 61.4 Å². The van der Waals surface area contributed by atoms with E-state index in [9.17, 15) is 9.59 Å². The van der Waals surface area contributed by atoms with Crippen molar-refractivity contribution in [2.75, 3.05) is 19.6 Å². The third-order valence-electron chi connectivity index (χ3n) is 7.44. The maximum Gasteiger partial charge on any atom is 0.242 e. The quantitative estimate of drug-likeness (QED) is 0.532. The minimum atomic E-state index is -0.511. The number of carbonyl (C=O) groups is 2. The Bertz CT molecular complexity index is 700. The standard InChI is InChI=1S/C27H43N3O2/c1-3-24-12-7-8-18-30(24)19-9-17-28-27(32)25(20-22-10-5-4-6-11-22)29-26(31)23-15-13-21(2)14-16-23/h4-6,10-11,21,23-25H,3,7-9,12-20H2,1-2H3,(H,28,32)(H,29,31)/t21?,23?,24-,25-/m1/s1. The van der Waals surface area contributed by atoms with Crippen LogP contribution < -0.4 is 10.6 Å². The van der Waals surface area contributed by atoms with E-state index < -0.39 is 6.04 Å². The van der Waals surface area contributed by atoms with Gasteiger partial charge in [-0.3, -0.25) is 9.59 Å². The summed E-state index contributed by atoms with van der Waals surface area (Å²) >= 11 is 0. The fraction of sp³-hybridized carbons (Fsp3) is 0.704. The molecular weight excluding hydrogens is 398 g/mol. The van der Waals surface area contributed by atoms with Crippen molar-refractivity contribution in [3.05, 3.63) is 35.9 Å². The van der Waals surface area contributed by atoms with Crippen LogP contribution in [0.2, 0.25) is 0 Å². The number of piperidine rings is 1.